The number of nitrogens with zero attached hydrogens (tertiary/aromatic N) is 10. The van der Waals surface area contributed by atoms with E-state index in [1.165, 1.54) is 23.5 Å². The molecule has 1 atom stereocenters. The number of hydrazone groups is 1. The molecule has 13 heteroatoms. The maximum absolute atomic E-state index is 14.0. The first-order valence-electron chi connectivity index (χ1n) is 11.3. The first-order valence-corrected chi connectivity index (χ1v) is 11.3. The van der Waals surface area contributed by atoms with Gasteiger partial charge in [0.15, 0.2) is 17.3 Å². The van der Waals surface area contributed by atoms with Crippen LogP contribution in [0.4, 0.5) is 15.1 Å². The Hall–Kier alpha value is -4.60. The number of hydrogen-bond donors (Lipinski definition) is 0. The van der Waals surface area contributed by atoms with Gasteiger partial charge in [-0.2, -0.15) is 15.5 Å². The molecule has 0 radical (unpaired) electrons. The molecule has 2 aliphatic rings. The molecule has 36 heavy (non-hydrogen) atoms. The molecular weight excluding hydrogens is 467 g/mol. The Morgan fingerprint density at radius 1 is 1.19 bits per heavy atom. The second-order valence-electron chi connectivity index (χ2n) is 8.33. The molecule has 2 amide bonds. The van der Waals surface area contributed by atoms with Crippen LogP contribution in [0, 0.1) is 17.1 Å². The number of methoxy groups -OCH3 is 1. The van der Waals surface area contributed by atoms with E-state index in [1.54, 1.807) is 42.2 Å². The second-order valence-corrected chi connectivity index (χ2v) is 8.33. The summed E-state index contributed by atoms with van der Waals surface area (Å²) in [4.78, 5) is 30.3. The Labute approximate surface area is 206 Å². The van der Waals surface area contributed by atoms with E-state index >= 15 is 0 Å². The normalized spacial score (nSPS) is 17.4. The average Bonchev–Trinajstić information content (AvgIpc) is 3.57. The van der Waals surface area contributed by atoms with Gasteiger partial charge in [-0.05, 0) is 23.8 Å². The van der Waals surface area contributed by atoms with Crippen molar-refractivity contribution in [2.45, 2.75) is 12.5 Å². The van der Waals surface area contributed by atoms with Crippen LogP contribution in [-0.2, 0) is 7.05 Å². The summed E-state index contributed by atoms with van der Waals surface area (Å²) in [7, 11) is 3.31. The van der Waals surface area contributed by atoms with Gasteiger partial charge in [-0.25, -0.2) is 33.8 Å². The number of nitriles is 1. The molecule has 184 valence electrons. The fourth-order valence-corrected chi connectivity index (χ4v) is 4.32. The summed E-state index contributed by atoms with van der Waals surface area (Å²) in [5.41, 5.74) is 1.28. The largest absolute Gasteiger partial charge is 0.493 e. The maximum Gasteiger partial charge on any atom is 0.341 e. The maximum atomic E-state index is 14.0. The zero-order valence-electron chi connectivity index (χ0n) is 19.7. The number of piperazine rings is 1. The predicted molar refractivity (Wildman–Crippen MR) is 127 cm³/mol. The molecule has 0 spiro atoms. The van der Waals surface area contributed by atoms with Gasteiger partial charge in [0.25, 0.3) is 0 Å². The number of benzene rings is 1. The van der Waals surface area contributed by atoms with Crippen molar-refractivity contribution in [1.82, 2.24) is 34.6 Å². The molecule has 1 fully saturated rings. The van der Waals surface area contributed by atoms with E-state index in [0.717, 1.165) is 0 Å². The minimum atomic E-state index is -0.517. The molecule has 1 aromatic carbocycles. The van der Waals surface area contributed by atoms with Gasteiger partial charge in [0.05, 0.1) is 31.0 Å². The molecular formula is C23H23FN10O2. The van der Waals surface area contributed by atoms with Crippen LogP contribution in [0.2, 0.25) is 0 Å². The topological polar surface area (TPSA) is 129 Å². The molecule has 0 aliphatic carbocycles. The van der Waals surface area contributed by atoms with Crippen LogP contribution in [0.25, 0.3) is 11.5 Å². The van der Waals surface area contributed by atoms with Crippen molar-refractivity contribution in [3.05, 3.63) is 47.7 Å². The summed E-state index contributed by atoms with van der Waals surface area (Å²) in [6.07, 6.45) is 5.13. The van der Waals surface area contributed by atoms with Gasteiger partial charge < -0.3 is 14.5 Å². The van der Waals surface area contributed by atoms with E-state index in [0.29, 0.717) is 61.4 Å². The summed E-state index contributed by atoms with van der Waals surface area (Å²) in [6.45, 7) is 1.88. The minimum Gasteiger partial charge on any atom is -0.493 e. The highest BCUT2D eigenvalue weighted by Gasteiger charge is 2.34. The van der Waals surface area contributed by atoms with Gasteiger partial charge >= 0.3 is 6.03 Å². The number of ether oxygens (including phenoxy) is 1. The Morgan fingerprint density at radius 3 is 2.69 bits per heavy atom. The van der Waals surface area contributed by atoms with Crippen molar-refractivity contribution >= 4 is 18.2 Å². The van der Waals surface area contributed by atoms with Crippen molar-refractivity contribution in [2.75, 3.05) is 38.2 Å². The van der Waals surface area contributed by atoms with Gasteiger partial charge in [-0.1, -0.05) is 0 Å². The third-order valence-corrected chi connectivity index (χ3v) is 6.18. The lowest BCUT2D eigenvalue weighted by molar-refractivity contribution is 0.139. The lowest BCUT2D eigenvalue weighted by Gasteiger charge is -2.37. The fourth-order valence-electron chi connectivity index (χ4n) is 4.32. The SMILES string of the molecule is COc1cnc(N2CCN(C(=O)N3N=CCC3c3cc(F)cc(C#N)c3)CC2)nc1-c1ncnn1C. The third-order valence-electron chi connectivity index (χ3n) is 6.18. The number of hydrogen-bond acceptors (Lipinski definition) is 9. The summed E-state index contributed by atoms with van der Waals surface area (Å²) < 4.78 is 21.0. The monoisotopic (exact) mass is 490 g/mol. The lowest BCUT2D eigenvalue weighted by Crippen LogP contribution is -2.52. The summed E-state index contributed by atoms with van der Waals surface area (Å²) >= 11 is 0. The first-order chi connectivity index (χ1) is 17.5. The molecule has 4 heterocycles. The molecule has 1 unspecified atom stereocenters. The van der Waals surface area contributed by atoms with Crippen LogP contribution in [-0.4, -0.2) is 80.2 Å². The number of anilines is 1. The highest BCUT2D eigenvalue weighted by molar-refractivity contribution is 5.79. The number of urea groups is 1. The van der Waals surface area contributed by atoms with E-state index in [9.17, 15) is 14.4 Å². The van der Waals surface area contributed by atoms with Gasteiger partial charge in [-0.15, -0.1) is 0 Å². The highest BCUT2D eigenvalue weighted by atomic mass is 19.1. The van der Waals surface area contributed by atoms with Gasteiger partial charge in [0.2, 0.25) is 5.95 Å². The smallest absolute Gasteiger partial charge is 0.341 e. The Morgan fingerprint density at radius 2 is 2.00 bits per heavy atom. The number of carbonyl (C=O) groups is 1. The van der Waals surface area contributed by atoms with Crippen molar-refractivity contribution in [2.24, 2.45) is 12.1 Å². The Kier molecular flexibility index (Phi) is 6.16. The van der Waals surface area contributed by atoms with Crippen LogP contribution in [0.1, 0.15) is 23.6 Å². The number of carbonyl (C=O) groups excluding carboxylic acids is 1. The van der Waals surface area contributed by atoms with Crippen LogP contribution in [0.15, 0.2) is 35.8 Å². The first kappa shape index (κ1) is 23.2. The number of halogens is 1. The molecule has 1 saturated heterocycles. The summed E-state index contributed by atoms with van der Waals surface area (Å²) in [5.74, 6) is 1.02. The predicted octanol–water partition coefficient (Wildman–Crippen LogP) is 1.97. The number of rotatable bonds is 4. The zero-order chi connectivity index (χ0) is 25.2. The molecule has 3 aromatic rings. The molecule has 0 saturated carbocycles. The van der Waals surface area contributed by atoms with Crippen LogP contribution >= 0.6 is 0 Å². The van der Waals surface area contributed by atoms with Crippen molar-refractivity contribution in [3.63, 3.8) is 0 Å². The molecule has 0 bridgehead atoms. The molecule has 12 nitrogen and oxygen atoms in total. The summed E-state index contributed by atoms with van der Waals surface area (Å²) in [6, 6.07) is 5.32. The van der Waals surface area contributed by atoms with Gasteiger partial charge in [-0.3, -0.25) is 0 Å². The van der Waals surface area contributed by atoms with E-state index in [-0.39, 0.29) is 11.6 Å². The van der Waals surface area contributed by atoms with Crippen LogP contribution in [0.5, 0.6) is 5.75 Å². The van der Waals surface area contributed by atoms with E-state index in [4.69, 9.17) is 4.74 Å². The number of aromatic nitrogens is 5. The minimum absolute atomic E-state index is 0.207. The molecule has 2 aromatic heterocycles. The molecule has 5 rings (SSSR count). The van der Waals surface area contributed by atoms with Crippen LogP contribution in [0.3, 0.4) is 0 Å². The quantitative estimate of drug-likeness (QED) is 0.543. The zero-order valence-corrected chi connectivity index (χ0v) is 19.7. The van der Waals surface area contributed by atoms with E-state index < -0.39 is 11.9 Å². The van der Waals surface area contributed by atoms with Crippen molar-refractivity contribution in [1.29, 1.82) is 5.26 Å². The van der Waals surface area contributed by atoms with Gasteiger partial charge in [0, 0.05) is 45.9 Å². The van der Waals surface area contributed by atoms with Crippen molar-refractivity contribution in [3.8, 4) is 23.3 Å². The number of amides is 2. The Balaban J connectivity index is 1.29. The second kappa shape index (κ2) is 9.57. The van der Waals surface area contributed by atoms with E-state index in [2.05, 4.69) is 25.2 Å². The van der Waals surface area contributed by atoms with Gasteiger partial charge in [0.1, 0.15) is 12.1 Å². The highest BCUT2D eigenvalue weighted by Crippen LogP contribution is 2.31. The lowest BCUT2D eigenvalue weighted by atomic mass is 10.0. The third kappa shape index (κ3) is 4.28. The average molecular weight is 491 g/mol. The standard InChI is InChI=1S/C23H23FN10O2/c1-31-21(27-14-29-31)20-19(36-2)13-26-22(30-20)32-5-7-33(8-6-32)23(35)34-18(3-4-28-34)16-9-15(12-25)10-17(24)11-16/h4,9-11,13-14,18H,3,5-8H2,1-2H3. The molecule has 2 aliphatic heterocycles. The molecule has 0 N–H and O–H groups in total. The van der Waals surface area contributed by atoms with E-state index in [1.807, 2.05) is 11.0 Å². The van der Waals surface area contributed by atoms with Crippen LogP contribution < -0.4 is 9.64 Å². The Bertz CT molecular complexity index is 1360. The van der Waals surface area contributed by atoms with Crippen molar-refractivity contribution < 1.29 is 13.9 Å². The number of aryl methyl sites for hydroxylation is 1. The summed E-state index contributed by atoms with van der Waals surface area (Å²) in [5, 5.41) is 18.9. The fraction of sp³-hybridized carbons (Fsp3) is 0.348.